The lowest BCUT2D eigenvalue weighted by Crippen LogP contribution is -2.10. The molecule has 2 N–H and O–H groups in total. The molecule has 0 bridgehead atoms. The van der Waals surface area contributed by atoms with Gasteiger partial charge in [-0.2, -0.15) is 0 Å². The molecule has 0 aliphatic rings. The molecule has 0 unspecified atom stereocenters. The van der Waals surface area contributed by atoms with Crippen LogP contribution in [0.25, 0.3) is 0 Å². The van der Waals surface area contributed by atoms with Crippen LogP contribution in [0.4, 0.5) is 5.82 Å². The van der Waals surface area contributed by atoms with Crippen LogP contribution in [0.15, 0.2) is 12.1 Å². The molecule has 2 radical (unpaired) electrons. The van der Waals surface area contributed by atoms with Gasteiger partial charge in [-0.3, -0.25) is 0 Å². The molecule has 0 atom stereocenters. The van der Waals surface area contributed by atoms with Crippen LogP contribution >= 0.6 is 0 Å². The summed E-state index contributed by atoms with van der Waals surface area (Å²) in [5.74, 6) is 0.509. The molecule has 0 aromatic carbocycles. The summed E-state index contributed by atoms with van der Waals surface area (Å²) in [6, 6.07) is 3.57. The van der Waals surface area contributed by atoms with E-state index < -0.39 is 0 Å². The minimum Gasteiger partial charge on any atom is -0.384 e. The van der Waals surface area contributed by atoms with Crippen molar-refractivity contribution in [3.8, 4) is 0 Å². The summed E-state index contributed by atoms with van der Waals surface area (Å²) in [6.45, 7) is 1.89. The van der Waals surface area contributed by atoms with E-state index in [1.807, 2.05) is 13.0 Å². The van der Waals surface area contributed by atoms with E-state index in [2.05, 4.69) is 4.98 Å². The Bertz CT molecular complexity index is 223. The van der Waals surface area contributed by atoms with E-state index in [4.69, 9.17) is 13.6 Å². The lowest BCUT2D eigenvalue weighted by atomic mass is 10.0. The molecule has 1 heterocycles. The minimum absolute atomic E-state index is 0. The van der Waals surface area contributed by atoms with Crippen LogP contribution in [0, 0.1) is 6.92 Å². The van der Waals surface area contributed by atoms with Gasteiger partial charge in [0.25, 0.3) is 0 Å². The van der Waals surface area contributed by atoms with E-state index in [1.165, 1.54) is 0 Å². The van der Waals surface area contributed by atoms with Crippen LogP contribution in [0.5, 0.6) is 0 Å². The first-order valence-electron chi connectivity index (χ1n) is 2.69. The third-order valence-electron chi connectivity index (χ3n) is 1.16. The third-order valence-corrected chi connectivity index (χ3v) is 1.16. The molecule has 1 rings (SSSR count). The molecule has 2 nitrogen and oxygen atoms in total. The molecule has 0 amide bonds. The maximum Gasteiger partial charge on any atom is 0.141 e. The Labute approximate surface area is 62.9 Å². The Morgan fingerprint density at radius 3 is 2.50 bits per heavy atom. The molecule has 1 aromatic rings. The number of anilines is 1. The van der Waals surface area contributed by atoms with Crippen molar-refractivity contribution < 1.29 is 0 Å². The Balaban J connectivity index is 0.000000810. The zero-order chi connectivity index (χ0) is 6.85. The first kappa shape index (κ1) is 9.01. The van der Waals surface area contributed by atoms with Gasteiger partial charge in [0.2, 0.25) is 0 Å². The normalized spacial score (nSPS) is 8.50. The highest BCUT2D eigenvalue weighted by molar-refractivity contribution is 6.30. The van der Waals surface area contributed by atoms with Crippen molar-refractivity contribution in [1.82, 2.24) is 4.98 Å². The summed E-state index contributed by atoms with van der Waals surface area (Å²) in [5, 5.41) is 0. The van der Waals surface area contributed by atoms with Gasteiger partial charge in [-0.1, -0.05) is 19.6 Å². The van der Waals surface area contributed by atoms with E-state index in [1.54, 1.807) is 6.07 Å². The van der Waals surface area contributed by atoms with E-state index in [0.717, 1.165) is 5.56 Å². The average molecular weight is 134 g/mol. The summed E-state index contributed by atoms with van der Waals surface area (Å²) >= 11 is 0. The van der Waals surface area contributed by atoms with Crippen molar-refractivity contribution in [2.45, 2.75) is 14.4 Å². The largest absolute Gasteiger partial charge is 0.384 e. The third kappa shape index (κ3) is 1.76. The molecule has 3 heteroatoms. The van der Waals surface area contributed by atoms with Crippen molar-refractivity contribution >= 4 is 19.3 Å². The summed E-state index contributed by atoms with van der Waals surface area (Å²) in [4.78, 5) is 3.83. The standard InChI is InChI=1S/C6H7BN2.CH4/c1-4-2-3-5(7)9-6(4)8;/h2-3H,1H3,(H2,8,9);1H4. The van der Waals surface area contributed by atoms with Crippen LogP contribution in [0.2, 0.25) is 0 Å². The molecule has 0 saturated heterocycles. The van der Waals surface area contributed by atoms with Crippen molar-refractivity contribution in [2.24, 2.45) is 0 Å². The van der Waals surface area contributed by atoms with Gasteiger partial charge >= 0.3 is 0 Å². The zero-order valence-electron chi connectivity index (χ0n) is 5.26. The number of rotatable bonds is 0. The van der Waals surface area contributed by atoms with E-state index in [9.17, 15) is 0 Å². The molecule has 0 saturated carbocycles. The fraction of sp³-hybridized carbons (Fsp3) is 0.286. The predicted octanol–water partition coefficient (Wildman–Crippen LogP) is 0.402. The second-order valence-electron chi connectivity index (χ2n) is 1.94. The second-order valence-corrected chi connectivity index (χ2v) is 1.94. The van der Waals surface area contributed by atoms with Crippen LogP contribution in [0.3, 0.4) is 0 Å². The molecular weight excluding hydrogens is 123 g/mol. The van der Waals surface area contributed by atoms with Gasteiger partial charge in [0.05, 0.1) is 0 Å². The molecule has 10 heavy (non-hydrogen) atoms. The highest BCUT2D eigenvalue weighted by Crippen LogP contribution is 2.00. The van der Waals surface area contributed by atoms with Crippen molar-refractivity contribution in [3.63, 3.8) is 0 Å². The first-order valence-corrected chi connectivity index (χ1v) is 2.69. The van der Waals surface area contributed by atoms with E-state index in [-0.39, 0.29) is 7.43 Å². The van der Waals surface area contributed by atoms with E-state index >= 15 is 0 Å². The molecule has 0 fully saturated rings. The number of hydrogen-bond acceptors (Lipinski definition) is 2. The Morgan fingerprint density at radius 1 is 1.50 bits per heavy atom. The van der Waals surface area contributed by atoms with Crippen LogP contribution in [-0.2, 0) is 0 Å². The van der Waals surface area contributed by atoms with Gasteiger partial charge in [0, 0.05) is 0 Å². The van der Waals surface area contributed by atoms with Gasteiger partial charge in [0.1, 0.15) is 13.7 Å². The lowest BCUT2D eigenvalue weighted by Gasteiger charge is -1.97. The SMILES string of the molecule is C.[B]c1ccc(C)c(N)n1. The van der Waals surface area contributed by atoms with Gasteiger partial charge in [0.15, 0.2) is 0 Å². The van der Waals surface area contributed by atoms with E-state index in [0.29, 0.717) is 11.4 Å². The van der Waals surface area contributed by atoms with Crippen molar-refractivity contribution in [3.05, 3.63) is 17.7 Å². The quantitative estimate of drug-likeness (QED) is 0.521. The van der Waals surface area contributed by atoms with Gasteiger partial charge < -0.3 is 5.73 Å². The lowest BCUT2D eigenvalue weighted by molar-refractivity contribution is 1.32. The average Bonchev–Trinajstić information content (AvgIpc) is 1.80. The Hall–Kier alpha value is -0.985. The molecule has 52 valence electrons. The van der Waals surface area contributed by atoms with Crippen molar-refractivity contribution in [2.75, 3.05) is 5.73 Å². The Kier molecular flexibility index (Phi) is 2.93. The maximum atomic E-state index is 5.43. The predicted molar refractivity (Wildman–Crippen MR) is 45.5 cm³/mol. The highest BCUT2D eigenvalue weighted by atomic mass is 14.8. The molecular formula is C7H11BN2. The summed E-state index contributed by atoms with van der Waals surface area (Å²) in [6.07, 6.45) is 0. The molecule has 0 spiro atoms. The summed E-state index contributed by atoms with van der Waals surface area (Å²) in [7, 11) is 5.34. The summed E-state index contributed by atoms with van der Waals surface area (Å²) in [5.41, 5.74) is 6.86. The number of hydrogen-bond donors (Lipinski definition) is 1. The zero-order valence-corrected chi connectivity index (χ0v) is 5.26. The van der Waals surface area contributed by atoms with Gasteiger partial charge in [-0.25, -0.2) is 4.98 Å². The van der Waals surface area contributed by atoms with Crippen LogP contribution in [-0.4, -0.2) is 12.8 Å². The van der Waals surface area contributed by atoms with Crippen LogP contribution < -0.4 is 11.3 Å². The highest BCUT2D eigenvalue weighted by Gasteiger charge is 1.91. The minimum atomic E-state index is 0. The molecule has 0 aliphatic carbocycles. The fourth-order valence-electron chi connectivity index (χ4n) is 0.560. The first-order chi connectivity index (χ1) is 4.20. The molecule has 0 aliphatic heterocycles. The van der Waals surface area contributed by atoms with Crippen LogP contribution in [0.1, 0.15) is 13.0 Å². The second kappa shape index (κ2) is 3.25. The maximum absolute atomic E-state index is 5.43. The number of nitrogen functional groups attached to an aromatic ring is 1. The Morgan fingerprint density at radius 2 is 2.10 bits per heavy atom. The fourth-order valence-corrected chi connectivity index (χ4v) is 0.560. The molecule has 1 aromatic heterocycles. The smallest absolute Gasteiger partial charge is 0.141 e. The number of pyridine rings is 1. The number of nitrogens with two attached hydrogens (primary N) is 1. The number of aryl methyl sites for hydroxylation is 1. The number of aromatic nitrogens is 1. The van der Waals surface area contributed by atoms with Gasteiger partial charge in [-0.15, -0.1) is 0 Å². The van der Waals surface area contributed by atoms with Crippen molar-refractivity contribution in [1.29, 1.82) is 0 Å². The van der Waals surface area contributed by atoms with Gasteiger partial charge in [-0.05, 0) is 18.1 Å². The topological polar surface area (TPSA) is 38.9 Å². The monoisotopic (exact) mass is 134 g/mol. The summed E-state index contributed by atoms with van der Waals surface area (Å²) < 4.78 is 0. The number of nitrogens with zero attached hydrogens (tertiary/aromatic N) is 1.